The van der Waals surface area contributed by atoms with Crippen molar-refractivity contribution in [2.24, 2.45) is 0 Å². The molecule has 7 nitrogen and oxygen atoms in total. The average molecular weight is 399 g/mol. The number of rotatable bonds is 4. The number of carbonyl (C=O) groups is 1. The molecule has 1 amide bonds. The highest BCUT2D eigenvalue weighted by atomic mass is 32.1. The number of carbonyl (C=O) groups excluding carboxylic acids is 1. The van der Waals surface area contributed by atoms with E-state index < -0.39 is 28.3 Å². The first-order valence-corrected chi connectivity index (χ1v) is 7.64. The first-order chi connectivity index (χ1) is 12.6. The molecule has 0 aliphatic rings. The number of hydrogen-bond acceptors (Lipinski definition) is 5. The molecule has 0 saturated heterocycles. The molecular weight excluding hydrogens is 387 g/mol. The molecule has 142 valence electrons. The van der Waals surface area contributed by atoms with Gasteiger partial charge in [-0.1, -0.05) is 6.07 Å². The Morgan fingerprint density at radius 3 is 2.52 bits per heavy atom. The normalized spacial score (nSPS) is 10.8. The van der Waals surface area contributed by atoms with Gasteiger partial charge >= 0.3 is 11.9 Å². The van der Waals surface area contributed by atoms with Crippen LogP contribution < -0.4 is 15.4 Å². The second-order valence-corrected chi connectivity index (χ2v) is 5.54. The minimum Gasteiger partial charge on any atom is -0.490 e. The molecule has 2 N–H and O–H groups in total. The Kier molecular flexibility index (Phi) is 5.95. The smallest absolute Gasteiger partial charge is 0.416 e. The van der Waals surface area contributed by atoms with Crippen LogP contribution in [0.25, 0.3) is 0 Å². The molecule has 0 fully saturated rings. The number of nitro groups is 1. The number of nitrogens with zero attached hydrogens (tertiary/aromatic N) is 1. The monoisotopic (exact) mass is 399 g/mol. The van der Waals surface area contributed by atoms with E-state index in [-0.39, 0.29) is 22.1 Å². The largest absolute Gasteiger partial charge is 0.490 e. The van der Waals surface area contributed by atoms with Crippen molar-refractivity contribution < 1.29 is 27.6 Å². The first kappa shape index (κ1) is 20.1. The van der Waals surface area contributed by atoms with Crippen LogP contribution in [-0.2, 0) is 6.18 Å². The summed E-state index contributed by atoms with van der Waals surface area (Å²) in [4.78, 5) is 22.4. The van der Waals surface area contributed by atoms with Crippen LogP contribution in [0.5, 0.6) is 5.75 Å². The molecule has 0 radical (unpaired) electrons. The van der Waals surface area contributed by atoms with E-state index in [1.165, 1.54) is 31.4 Å². The molecule has 0 bridgehead atoms. The van der Waals surface area contributed by atoms with Crippen molar-refractivity contribution in [3.8, 4) is 5.75 Å². The van der Waals surface area contributed by atoms with Gasteiger partial charge in [0.1, 0.15) is 0 Å². The lowest BCUT2D eigenvalue weighted by Gasteiger charge is -2.12. The highest BCUT2D eigenvalue weighted by molar-refractivity contribution is 7.80. The number of amides is 1. The number of halogens is 3. The number of nitrogens with one attached hydrogen (secondary N) is 2. The summed E-state index contributed by atoms with van der Waals surface area (Å²) in [5.41, 5.74) is -1.35. The molecule has 0 atom stereocenters. The zero-order valence-electron chi connectivity index (χ0n) is 13.7. The maximum absolute atomic E-state index is 12.7. The van der Waals surface area contributed by atoms with Crippen LogP contribution in [0.3, 0.4) is 0 Å². The third kappa shape index (κ3) is 5.14. The summed E-state index contributed by atoms with van der Waals surface area (Å²) in [5.74, 6) is -0.800. The number of alkyl halides is 3. The molecule has 0 heterocycles. The van der Waals surface area contributed by atoms with Gasteiger partial charge in [0, 0.05) is 17.3 Å². The van der Waals surface area contributed by atoms with Crippen LogP contribution in [-0.4, -0.2) is 23.1 Å². The van der Waals surface area contributed by atoms with Crippen LogP contribution in [0.1, 0.15) is 15.9 Å². The highest BCUT2D eigenvalue weighted by Crippen LogP contribution is 2.30. The van der Waals surface area contributed by atoms with Crippen LogP contribution >= 0.6 is 12.2 Å². The lowest BCUT2D eigenvalue weighted by molar-refractivity contribution is -0.385. The lowest BCUT2D eigenvalue weighted by atomic mass is 10.1. The van der Waals surface area contributed by atoms with Gasteiger partial charge < -0.3 is 10.1 Å². The van der Waals surface area contributed by atoms with Crippen LogP contribution in [0.2, 0.25) is 0 Å². The van der Waals surface area contributed by atoms with Crippen molar-refractivity contribution >= 4 is 34.6 Å². The van der Waals surface area contributed by atoms with Gasteiger partial charge in [0.05, 0.1) is 17.6 Å². The Morgan fingerprint density at radius 2 is 1.93 bits per heavy atom. The van der Waals surface area contributed by atoms with E-state index in [0.29, 0.717) is 0 Å². The fraction of sp³-hybridized carbons (Fsp3) is 0.125. The molecule has 0 aliphatic carbocycles. The molecule has 0 saturated carbocycles. The van der Waals surface area contributed by atoms with E-state index in [9.17, 15) is 28.1 Å². The van der Waals surface area contributed by atoms with Gasteiger partial charge in [-0.2, -0.15) is 13.2 Å². The Morgan fingerprint density at radius 1 is 1.22 bits per heavy atom. The molecular formula is C16H12F3N3O4S. The molecule has 27 heavy (non-hydrogen) atoms. The van der Waals surface area contributed by atoms with Crippen molar-refractivity contribution in [3.05, 3.63) is 63.7 Å². The first-order valence-electron chi connectivity index (χ1n) is 7.24. The standard InChI is InChI=1S/C16H12F3N3O4S/c1-26-13-6-5-9(7-12(13)22(24)25)14(23)21-15(27)20-11-4-2-3-10(8-11)16(17,18)19/h2-8H,1H3,(H2,20,21,23,27). The van der Waals surface area contributed by atoms with Crippen molar-refractivity contribution in [1.82, 2.24) is 5.32 Å². The Labute approximate surface area is 156 Å². The van der Waals surface area contributed by atoms with E-state index in [4.69, 9.17) is 17.0 Å². The summed E-state index contributed by atoms with van der Waals surface area (Å²) in [5, 5.41) is 15.4. The Balaban J connectivity index is 2.11. The summed E-state index contributed by atoms with van der Waals surface area (Å²) in [6.07, 6.45) is -4.52. The number of benzene rings is 2. The molecule has 2 aromatic carbocycles. The number of anilines is 1. The van der Waals surface area contributed by atoms with Crippen molar-refractivity contribution in [3.63, 3.8) is 0 Å². The number of hydrogen-bond donors (Lipinski definition) is 2. The SMILES string of the molecule is COc1ccc(C(=O)NC(=S)Nc2cccc(C(F)(F)F)c2)cc1[N+](=O)[O-]. The van der Waals surface area contributed by atoms with E-state index in [1.807, 2.05) is 0 Å². The van der Waals surface area contributed by atoms with E-state index >= 15 is 0 Å². The Bertz CT molecular complexity index is 903. The quantitative estimate of drug-likeness (QED) is 0.462. The number of ether oxygens (including phenoxy) is 1. The molecule has 0 aliphatic heterocycles. The van der Waals surface area contributed by atoms with Crippen molar-refractivity contribution in [2.75, 3.05) is 12.4 Å². The molecule has 11 heteroatoms. The zero-order chi connectivity index (χ0) is 20.2. The predicted octanol–water partition coefficient (Wildman–Crippen LogP) is 3.75. The van der Waals surface area contributed by atoms with Crippen molar-refractivity contribution in [1.29, 1.82) is 0 Å². The summed E-state index contributed by atoms with van der Waals surface area (Å²) >= 11 is 4.90. The average Bonchev–Trinajstić information content (AvgIpc) is 2.60. The summed E-state index contributed by atoms with van der Waals surface area (Å²) in [7, 11) is 1.25. The van der Waals surface area contributed by atoms with Crippen LogP contribution in [0.4, 0.5) is 24.5 Å². The lowest BCUT2D eigenvalue weighted by Crippen LogP contribution is -2.34. The van der Waals surface area contributed by atoms with Gasteiger partial charge in [-0.15, -0.1) is 0 Å². The Hall–Kier alpha value is -3.21. The van der Waals surface area contributed by atoms with Gasteiger partial charge in [0.15, 0.2) is 10.9 Å². The molecule has 2 rings (SSSR count). The van der Waals surface area contributed by atoms with E-state index in [2.05, 4.69) is 10.6 Å². The number of methoxy groups -OCH3 is 1. The van der Waals surface area contributed by atoms with Crippen LogP contribution in [0.15, 0.2) is 42.5 Å². The van der Waals surface area contributed by atoms with Crippen LogP contribution in [0, 0.1) is 10.1 Å². The maximum atomic E-state index is 12.7. The van der Waals surface area contributed by atoms with Gasteiger partial charge in [0.2, 0.25) is 0 Å². The summed E-state index contributed by atoms with van der Waals surface area (Å²) in [6.45, 7) is 0. The van der Waals surface area contributed by atoms with Crippen molar-refractivity contribution in [2.45, 2.75) is 6.18 Å². The second kappa shape index (κ2) is 7.99. The van der Waals surface area contributed by atoms with Gasteiger partial charge in [-0.25, -0.2) is 0 Å². The van der Waals surface area contributed by atoms with Gasteiger partial charge in [-0.05, 0) is 42.5 Å². The summed E-state index contributed by atoms with van der Waals surface area (Å²) < 4.78 is 43.0. The second-order valence-electron chi connectivity index (χ2n) is 5.13. The number of thiocarbonyl (C=S) groups is 1. The number of nitro benzene ring substituents is 1. The molecule has 0 aromatic heterocycles. The molecule has 2 aromatic rings. The van der Waals surface area contributed by atoms with E-state index in [1.54, 1.807) is 0 Å². The fourth-order valence-electron chi connectivity index (χ4n) is 2.08. The summed E-state index contributed by atoms with van der Waals surface area (Å²) in [6, 6.07) is 7.78. The van der Waals surface area contributed by atoms with E-state index in [0.717, 1.165) is 18.2 Å². The fourth-order valence-corrected chi connectivity index (χ4v) is 2.30. The maximum Gasteiger partial charge on any atom is 0.416 e. The highest BCUT2D eigenvalue weighted by Gasteiger charge is 2.30. The third-order valence-electron chi connectivity index (χ3n) is 3.31. The predicted molar refractivity (Wildman–Crippen MR) is 94.8 cm³/mol. The van der Waals surface area contributed by atoms with Gasteiger partial charge in [0.25, 0.3) is 5.91 Å². The molecule has 0 unspecified atom stereocenters. The minimum atomic E-state index is -4.52. The zero-order valence-corrected chi connectivity index (χ0v) is 14.5. The third-order valence-corrected chi connectivity index (χ3v) is 3.52. The minimum absolute atomic E-state index is 0.0239. The molecule has 0 spiro atoms. The van der Waals surface area contributed by atoms with Gasteiger partial charge in [-0.3, -0.25) is 20.2 Å². The topological polar surface area (TPSA) is 93.5 Å².